The number of nitro benzene ring substituents is 1. The van der Waals surface area contributed by atoms with Gasteiger partial charge in [-0.3, -0.25) is 14.9 Å². The van der Waals surface area contributed by atoms with Crippen LogP contribution in [0.25, 0.3) is 0 Å². The zero-order chi connectivity index (χ0) is 18.9. The topological polar surface area (TPSA) is 123 Å². The summed E-state index contributed by atoms with van der Waals surface area (Å²) in [7, 11) is 0. The highest BCUT2D eigenvalue weighted by Gasteiger charge is 2.16. The molecule has 0 atom stereocenters. The van der Waals surface area contributed by atoms with E-state index in [4.69, 9.17) is 4.74 Å². The van der Waals surface area contributed by atoms with Gasteiger partial charge in [-0.05, 0) is 12.1 Å². The van der Waals surface area contributed by atoms with E-state index in [1.807, 2.05) is 0 Å². The van der Waals surface area contributed by atoms with Gasteiger partial charge in [0.05, 0.1) is 16.5 Å². The highest BCUT2D eigenvalue weighted by molar-refractivity contribution is 7.07. The van der Waals surface area contributed by atoms with Crippen molar-refractivity contribution in [2.45, 2.75) is 6.42 Å². The standard InChI is InChI=1S/C15H15FN4O5S/c16-10-1-2-11(13(7-10)20(23)24)19-14(21)3-4-17-5-6-25-15(22)12-8-26-9-18-12/h1-2,7-9,17H,3-6H2,(H,19,21). The summed E-state index contributed by atoms with van der Waals surface area (Å²) >= 11 is 1.29. The summed E-state index contributed by atoms with van der Waals surface area (Å²) in [5, 5.41) is 17.7. The average Bonchev–Trinajstić information content (AvgIpc) is 3.14. The molecular formula is C15H15FN4O5S. The number of ether oxygens (including phenoxy) is 1. The number of thiazole rings is 1. The van der Waals surface area contributed by atoms with Crippen molar-refractivity contribution in [3.05, 3.63) is 50.7 Å². The average molecular weight is 382 g/mol. The molecule has 0 bridgehead atoms. The van der Waals surface area contributed by atoms with Gasteiger partial charge in [0.2, 0.25) is 5.91 Å². The fraction of sp³-hybridized carbons (Fsp3) is 0.267. The number of hydrogen-bond donors (Lipinski definition) is 2. The Hall–Kier alpha value is -2.92. The Labute approximate surface area is 151 Å². The number of esters is 1. The number of amides is 1. The van der Waals surface area contributed by atoms with Gasteiger partial charge in [0.15, 0.2) is 5.69 Å². The van der Waals surface area contributed by atoms with E-state index in [9.17, 15) is 24.1 Å². The third kappa shape index (κ3) is 5.86. The van der Waals surface area contributed by atoms with Gasteiger partial charge in [-0.25, -0.2) is 14.2 Å². The third-order valence-corrected chi connectivity index (χ3v) is 3.70. The lowest BCUT2D eigenvalue weighted by atomic mass is 10.2. The smallest absolute Gasteiger partial charge is 0.357 e. The molecule has 0 fully saturated rings. The van der Waals surface area contributed by atoms with E-state index in [2.05, 4.69) is 15.6 Å². The maximum atomic E-state index is 13.0. The number of carbonyl (C=O) groups excluding carboxylic acids is 2. The Morgan fingerprint density at radius 1 is 1.35 bits per heavy atom. The van der Waals surface area contributed by atoms with Crippen molar-refractivity contribution in [2.75, 3.05) is 25.0 Å². The van der Waals surface area contributed by atoms with E-state index < -0.39 is 28.3 Å². The van der Waals surface area contributed by atoms with Crippen molar-refractivity contribution in [2.24, 2.45) is 0 Å². The normalized spacial score (nSPS) is 10.3. The first-order chi connectivity index (χ1) is 12.5. The molecule has 0 unspecified atom stereocenters. The molecule has 2 aromatic rings. The number of halogens is 1. The monoisotopic (exact) mass is 382 g/mol. The lowest BCUT2D eigenvalue weighted by molar-refractivity contribution is -0.384. The summed E-state index contributed by atoms with van der Waals surface area (Å²) in [5.74, 6) is -1.75. The van der Waals surface area contributed by atoms with Crippen molar-refractivity contribution in [3.63, 3.8) is 0 Å². The lowest BCUT2D eigenvalue weighted by Crippen LogP contribution is -2.26. The summed E-state index contributed by atoms with van der Waals surface area (Å²) in [5.41, 5.74) is 1.19. The molecule has 0 spiro atoms. The van der Waals surface area contributed by atoms with E-state index in [0.29, 0.717) is 6.54 Å². The first kappa shape index (κ1) is 19.4. The molecule has 1 aromatic heterocycles. The van der Waals surface area contributed by atoms with Crippen LogP contribution in [0.15, 0.2) is 29.1 Å². The minimum atomic E-state index is -0.770. The highest BCUT2D eigenvalue weighted by atomic mass is 32.1. The highest BCUT2D eigenvalue weighted by Crippen LogP contribution is 2.24. The quantitative estimate of drug-likeness (QED) is 0.294. The lowest BCUT2D eigenvalue weighted by Gasteiger charge is -2.07. The summed E-state index contributed by atoms with van der Waals surface area (Å²) in [6.07, 6.45) is 0.0363. The SMILES string of the molecule is O=C(CCNCCOC(=O)c1cscn1)Nc1ccc(F)cc1[N+](=O)[O-]. The van der Waals surface area contributed by atoms with Gasteiger partial charge in [-0.1, -0.05) is 0 Å². The Morgan fingerprint density at radius 3 is 2.85 bits per heavy atom. The maximum Gasteiger partial charge on any atom is 0.357 e. The summed E-state index contributed by atoms with van der Waals surface area (Å²) in [4.78, 5) is 37.2. The number of anilines is 1. The van der Waals surface area contributed by atoms with E-state index in [0.717, 1.165) is 18.2 Å². The number of hydrogen-bond acceptors (Lipinski definition) is 8. The van der Waals surface area contributed by atoms with Gasteiger partial charge < -0.3 is 15.4 Å². The van der Waals surface area contributed by atoms with E-state index in [1.165, 1.54) is 16.8 Å². The number of nitrogens with zero attached hydrogens (tertiary/aromatic N) is 2. The Bertz CT molecular complexity index is 784. The molecule has 1 heterocycles. The molecule has 0 aliphatic carbocycles. The summed E-state index contributed by atoms with van der Waals surface area (Å²) in [6.45, 7) is 0.719. The molecule has 0 saturated heterocycles. The van der Waals surface area contributed by atoms with Gasteiger partial charge in [-0.2, -0.15) is 0 Å². The molecule has 138 valence electrons. The minimum absolute atomic E-state index is 0.0363. The first-order valence-corrected chi connectivity index (χ1v) is 8.41. The molecule has 11 heteroatoms. The molecule has 0 saturated carbocycles. The van der Waals surface area contributed by atoms with E-state index in [1.54, 1.807) is 5.38 Å². The molecule has 0 aliphatic heterocycles. The second-order valence-electron chi connectivity index (χ2n) is 4.98. The predicted octanol–water partition coefficient (Wildman–Crippen LogP) is 1.97. The van der Waals surface area contributed by atoms with Crippen molar-refractivity contribution in [1.29, 1.82) is 0 Å². The molecule has 26 heavy (non-hydrogen) atoms. The van der Waals surface area contributed by atoms with Crippen molar-refractivity contribution in [3.8, 4) is 0 Å². The van der Waals surface area contributed by atoms with Crippen LogP contribution in [0, 0.1) is 15.9 Å². The molecular weight excluding hydrogens is 367 g/mol. The van der Waals surface area contributed by atoms with Gasteiger partial charge in [0.1, 0.15) is 18.1 Å². The van der Waals surface area contributed by atoms with Crippen molar-refractivity contribution in [1.82, 2.24) is 10.3 Å². The van der Waals surface area contributed by atoms with Crippen LogP contribution in [0.5, 0.6) is 0 Å². The van der Waals surface area contributed by atoms with Gasteiger partial charge in [-0.15, -0.1) is 11.3 Å². The zero-order valence-electron chi connectivity index (χ0n) is 13.4. The van der Waals surface area contributed by atoms with E-state index >= 15 is 0 Å². The fourth-order valence-corrected chi connectivity index (χ4v) is 2.43. The summed E-state index contributed by atoms with van der Waals surface area (Å²) < 4.78 is 18.0. The second kappa shape index (κ2) is 9.53. The van der Waals surface area contributed by atoms with Gasteiger partial charge >= 0.3 is 5.97 Å². The number of carbonyl (C=O) groups is 2. The fourth-order valence-electron chi connectivity index (χ4n) is 1.90. The van der Waals surface area contributed by atoms with Crippen LogP contribution >= 0.6 is 11.3 Å². The van der Waals surface area contributed by atoms with Crippen LogP contribution in [0.2, 0.25) is 0 Å². The van der Waals surface area contributed by atoms with Crippen LogP contribution in [-0.2, 0) is 9.53 Å². The number of aromatic nitrogens is 1. The van der Waals surface area contributed by atoms with Crippen molar-refractivity contribution >= 4 is 34.6 Å². The summed E-state index contributed by atoms with van der Waals surface area (Å²) in [6, 6.07) is 2.90. The third-order valence-electron chi connectivity index (χ3n) is 3.11. The Morgan fingerprint density at radius 2 is 2.15 bits per heavy atom. The number of nitrogens with one attached hydrogen (secondary N) is 2. The molecule has 1 aromatic carbocycles. The van der Waals surface area contributed by atoms with Crippen molar-refractivity contribution < 1.29 is 23.6 Å². The largest absolute Gasteiger partial charge is 0.460 e. The van der Waals surface area contributed by atoms with Crippen LogP contribution < -0.4 is 10.6 Å². The Balaban J connectivity index is 1.66. The van der Waals surface area contributed by atoms with Crippen LogP contribution in [-0.4, -0.2) is 41.5 Å². The zero-order valence-corrected chi connectivity index (χ0v) is 14.3. The second-order valence-corrected chi connectivity index (χ2v) is 5.70. The van der Waals surface area contributed by atoms with Crippen LogP contribution in [0.1, 0.15) is 16.9 Å². The number of benzene rings is 1. The number of nitro groups is 1. The molecule has 2 rings (SSSR count). The molecule has 0 radical (unpaired) electrons. The molecule has 9 nitrogen and oxygen atoms in total. The predicted molar refractivity (Wildman–Crippen MR) is 91.6 cm³/mol. The van der Waals surface area contributed by atoms with Crippen LogP contribution in [0.4, 0.5) is 15.8 Å². The first-order valence-electron chi connectivity index (χ1n) is 7.47. The molecule has 0 aliphatic rings. The molecule has 2 N–H and O–H groups in total. The molecule has 1 amide bonds. The van der Waals surface area contributed by atoms with Gasteiger partial charge in [0.25, 0.3) is 5.69 Å². The minimum Gasteiger partial charge on any atom is -0.460 e. The van der Waals surface area contributed by atoms with E-state index in [-0.39, 0.29) is 31.0 Å². The maximum absolute atomic E-state index is 13.0. The van der Waals surface area contributed by atoms with Crippen LogP contribution in [0.3, 0.4) is 0 Å². The van der Waals surface area contributed by atoms with Gasteiger partial charge in [0, 0.05) is 24.9 Å². The Kier molecular flexibility index (Phi) is 7.12. The number of rotatable bonds is 9.